The normalized spacial score (nSPS) is 21.1. The van der Waals surface area contributed by atoms with Crippen LogP contribution in [0, 0.1) is 0 Å². The molecule has 3 heterocycles. The van der Waals surface area contributed by atoms with Gasteiger partial charge in [0.25, 0.3) is 0 Å². The minimum atomic E-state index is -0.407. The highest BCUT2D eigenvalue weighted by Gasteiger charge is 2.26. The van der Waals surface area contributed by atoms with Gasteiger partial charge in [-0.25, -0.2) is 4.98 Å². The number of aliphatic hydroxyl groups excluding tert-OH is 1. The molecular formula is C16H22N2O2S2. The number of aliphatic hydroxyl groups is 1. The summed E-state index contributed by atoms with van der Waals surface area (Å²) >= 11 is 3.35. The summed E-state index contributed by atoms with van der Waals surface area (Å²) in [5.74, 6) is 0. The van der Waals surface area contributed by atoms with Crippen molar-refractivity contribution >= 4 is 22.7 Å². The summed E-state index contributed by atoms with van der Waals surface area (Å²) < 4.78 is 5.63. The van der Waals surface area contributed by atoms with E-state index < -0.39 is 6.10 Å². The molecule has 2 aromatic heterocycles. The zero-order valence-corrected chi connectivity index (χ0v) is 14.4. The van der Waals surface area contributed by atoms with Crippen LogP contribution in [0.15, 0.2) is 22.9 Å². The Balaban J connectivity index is 1.63. The van der Waals surface area contributed by atoms with Gasteiger partial charge in [0.2, 0.25) is 0 Å². The molecule has 0 bridgehead atoms. The summed E-state index contributed by atoms with van der Waals surface area (Å²) in [5, 5.41) is 15.8. The van der Waals surface area contributed by atoms with Crippen LogP contribution in [0.3, 0.4) is 0 Å². The zero-order valence-electron chi connectivity index (χ0n) is 12.8. The maximum atomic E-state index is 10.4. The maximum Gasteiger partial charge on any atom is 0.0926 e. The molecule has 1 fully saturated rings. The van der Waals surface area contributed by atoms with E-state index in [1.165, 1.54) is 5.01 Å². The Morgan fingerprint density at radius 2 is 2.41 bits per heavy atom. The summed E-state index contributed by atoms with van der Waals surface area (Å²) in [6.45, 7) is 5.34. The van der Waals surface area contributed by atoms with Crippen LogP contribution in [0.2, 0.25) is 0 Å². The number of morpholine rings is 1. The Morgan fingerprint density at radius 1 is 1.50 bits per heavy atom. The van der Waals surface area contributed by atoms with Crippen LogP contribution < -0.4 is 0 Å². The van der Waals surface area contributed by atoms with Gasteiger partial charge in [-0.05, 0) is 24.3 Å². The van der Waals surface area contributed by atoms with Crippen molar-refractivity contribution in [3.05, 3.63) is 38.5 Å². The third-order valence-corrected chi connectivity index (χ3v) is 6.00. The molecule has 120 valence electrons. The predicted octanol–water partition coefficient (Wildman–Crippen LogP) is 3.09. The lowest BCUT2D eigenvalue weighted by atomic mass is 10.1. The van der Waals surface area contributed by atoms with Crippen molar-refractivity contribution < 1.29 is 9.84 Å². The first-order valence-corrected chi connectivity index (χ1v) is 9.48. The highest BCUT2D eigenvalue weighted by molar-refractivity contribution is 7.10. The number of hydrogen-bond donors (Lipinski definition) is 1. The summed E-state index contributed by atoms with van der Waals surface area (Å²) in [5.41, 5.74) is 1.14. The molecule has 0 amide bonds. The number of aromatic nitrogens is 1. The fourth-order valence-corrected chi connectivity index (χ4v) is 4.22. The summed E-state index contributed by atoms with van der Waals surface area (Å²) in [6, 6.07) is 4.23. The molecule has 22 heavy (non-hydrogen) atoms. The van der Waals surface area contributed by atoms with E-state index in [-0.39, 0.29) is 6.04 Å². The van der Waals surface area contributed by atoms with E-state index in [0.29, 0.717) is 13.0 Å². The summed E-state index contributed by atoms with van der Waals surface area (Å²) in [7, 11) is 0. The quantitative estimate of drug-likeness (QED) is 0.879. The van der Waals surface area contributed by atoms with Crippen molar-refractivity contribution in [1.82, 2.24) is 9.88 Å². The Labute approximate surface area is 139 Å². The molecule has 1 aliphatic heterocycles. The third kappa shape index (κ3) is 3.94. The SMILES string of the molecule is CCc1nc(CN2CCOCC2CC(O)c2cccs2)cs1. The molecular weight excluding hydrogens is 316 g/mol. The smallest absolute Gasteiger partial charge is 0.0926 e. The molecule has 4 nitrogen and oxygen atoms in total. The number of thiazole rings is 1. The molecule has 1 N–H and O–H groups in total. The van der Waals surface area contributed by atoms with Crippen molar-refractivity contribution in [2.45, 2.75) is 38.5 Å². The van der Waals surface area contributed by atoms with E-state index >= 15 is 0 Å². The summed E-state index contributed by atoms with van der Waals surface area (Å²) in [6.07, 6.45) is 1.30. The van der Waals surface area contributed by atoms with E-state index in [4.69, 9.17) is 4.74 Å². The second-order valence-corrected chi connectivity index (χ2v) is 7.47. The van der Waals surface area contributed by atoms with E-state index in [1.54, 1.807) is 22.7 Å². The third-order valence-electron chi connectivity index (χ3n) is 3.98. The van der Waals surface area contributed by atoms with Crippen LogP contribution in [0.4, 0.5) is 0 Å². The lowest BCUT2D eigenvalue weighted by Gasteiger charge is -2.36. The van der Waals surface area contributed by atoms with Crippen molar-refractivity contribution in [3.63, 3.8) is 0 Å². The van der Waals surface area contributed by atoms with Gasteiger partial charge in [-0.15, -0.1) is 22.7 Å². The second-order valence-electron chi connectivity index (χ2n) is 5.55. The van der Waals surface area contributed by atoms with Gasteiger partial charge in [0, 0.05) is 29.4 Å². The fraction of sp³-hybridized carbons (Fsp3) is 0.562. The van der Waals surface area contributed by atoms with Gasteiger partial charge in [0.05, 0.1) is 30.0 Å². The number of thiophene rings is 1. The van der Waals surface area contributed by atoms with Crippen molar-refractivity contribution in [1.29, 1.82) is 0 Å². The molecule has 1 saturated heterocycles. The lowest BCUT2D eigenvalue weighted by molar-refractivity contribution is -0.0300. The van der Waals surface area contributed by atoms with Crippen molar-refractivity contribution in [2.24, 2.45) is 0 Å². The van der Waals surface area contributed by atoms with E-state index in [0.717, 1.165) is 36.7 Å². The van der Waals surface area contributed by atoms with E-state index in [2.05, 4.69) is 22.2 Å². The maximum absolute atomic E-state index is 10.4. The average molecular weight is 338 g/mol. The molecule has 1 aliphatic rings. The molecule has 2 atom stereocenters. The Bertz CT molecular complexity index is 570. The van der Waals surface area contributed by atoms with Crippen LogP contribution in [0.25, 0.3) is 0 Å². The average Bonchev–Trinajstić information content (AvgIpc) is 3.20. The monoisotopic (exact) mass is 338 g/mol. The topological polar surface area (TPSA) is 45.6 Å². The molecule has 0 spiro atoms. The molecule has 2 aromatic rings. The minimum absolute atomic E-state index is 0.248. The molecule has 0 saturated carbocycles. The standard InChI is InChI=1S/C16H22N2O2S2/c1-2-16-17-12(11-22-16)9-18-5-6-20-10-13(18)8-14(19)15-4-3-7-21-15/h3-4,7,11,13-14,19H,2,5-6,8-10H2,1H3. The Hall–Kier alpha value is -0.790. The van der Waals surface area contributed by atoms with Crippen molar-refractivity contribution in [2.75, 3.05) is 19.8 Å². The van der Waals surface area contributed by atoms with E-state index in [9.17, 15) is 5.11 Å². The first-order valence-electron chi connectivity index (χ1n) is 7.72. The number of rotatable bonds is 6. The van der Waals surface area contributed by atoms with Crippen molar-refractivity contribution in [3.8, 4) is 0 Å². The predicted molar refractivity (Wildman–Crippen MR) is 90.4 cm³/mol. The molecule has 3 rings (SSSR count). The number of aryl methyl sites for hydroxylation is 1. The molecule has 0 aliphatic carbocycles. The van der Waals surface area contributed by atoms with Gasteiger partial charge < -0.3 is 9.84 Å². The highest BCUT2D eigenvalue weighted by Crippen LogP contribution is 2.26. The van der Waals surface area contributed by atoms with Gasteiger partial charge in [0.15, 0.2) is 0 Å². The van der Waals surface area contributed by atoms with Gasteiger partial charge in [-0.1, -0.05) is 13.0 Å². The first-order chi connectivity index (χ1) is 10.8. The van der Waals surface area contributed by atoms with E-state index in [1.807, 2.05) is 17.5 Å². The van der Waals surface area contributed by atoms with Crippen LogP contribution in [-0.4, -0.2) is 40.8 Å². The zero-order chi connectivity index (χ0) is 15.4. The van der Waals surface area contributed by atoms with Gasteiger partial charge >= 0.3 is 0 Å². The molecule has 2 unspecified atom stereocenters. The fourth-order valence-electron chi connectivity index (χ4n) is 2.76. The first kappa shape index (κ1) is 16.1. The molecule has 6 heteroatoms. The van der Waals surface area contributed by atoms with Crippen LogP contribution in [-0.2, 0) is 17.7 Å². The van der Waals surface area contributed by atoms with Gasteiger partial charge in [-0.3, -0.25) is 4.90 Å². The lowest BCUT2D eigenvalue weighted by Crippen LogP contribution is -2.45. The van der Waals surface area contributed by atoms with Gasteiger partial charge in [0.1, 0.15) is 0 Å². The van der Waals surface area contributed by atoms with Crippen LogP contribution >= 0.6 is 22.7 Å². The Kier molecular flexibility index (Phi) is 5.60. The number of ether oxygens (including phenoxy) is 1. The summed E-state index contributed by atoms with van der Waals surface area (Å²) in [4.78, 5) is 8.09. The second kappa shape index (κ2) is 7.66. The molecule has 0 radical (unpaired) electrons. The minimum Gasteiger partial charge on any atom is -0.388 e. The largest absolute Gasteiger partial charge is 0.388 e. The Morgan fingerprint density at radius 3 is 3.14 bits per heavy atom. The molecule has 0 aromatic carbocycles. The number of hydrogen-bond acceptors (Lipinski definition) is 6. The highest BCUT2D eigenvalue weighted by atomic mass is 32.1. The van der Waals surface area contributed by atoms with Crippen LogP contribution in [0.1, 0.15) is 35.0 Å². The number of nitrogens with zero attached hydrogens (tertiary/aromatic N) is 2. The van der Waals surface area contributed by atoms with Crippen LogP contribution in [0.5, 0.6) is 0 Å². The van der Waals surface area contributed by atoms with Gasteiger partial charge in [-0.2, -0.15) is 0 Å².